The van der Waals surface area contributed by atoms with Crippen LogP contribution in [0.3, 0.4) is 0 Å². The van der Waals surface area contributed by atoms with E-state index in [0.717, 1.165) is 12.2 Å². The summed E-state index contributed by atoms with van der Waals surface area (Å²) >= 11 is 5.59. The SMILES string of the molecule is O=c1[nH]cc(C2CO2)cc1Cl. The summed E-state index contributed by atoms with van der Waals surface area (Å²) in [6, 6.07) is 1.64. The largest absolute Gasteiger partial charge is 0.368 e. The average molecular weight is 172 g/mol. The molecular formula is C7H6ClNO2. The molecule has 1 aliphatic rings. The number of ether oxygens (including phenoxy) is 1. The molecule has 1 aromatic heterocycles. The first-order chi connectivity index (χ1) is 5.27. The zero-order valence-corrected chi connectivity index (χ0v) is 6.39. The van der Waals surface area contributed by atoms with Crippen LogP contribution < -0.4 is 5.56 Å². The van der Waals surface area contributed by atoms with Crippen molar-refractivity contribution >= 4 is 11.6 Å². The van der Waals surface area contributed by atoms with E-state index in [1.165, 1.54) is 0 Å². The first-order valence-corrected chi connectivity index (χ1v) is 3.65. The lowest BCUT2D eigenvalue weighted by atomic mass is 10.2. The molecule has 2 heterocycles. The van der Waals surface area contributed by atoms with Crippen LogP contribution in [0.2, 0.25) is 5.02 Å². The van der Waals surface area contributed by atoms with Crippen molar-refractivity contribution in [1.82, 2.24) is 4.98 Å². The second-order valence-electron chi connectivity index (χ2n) is 2.43. The molecule has 0 bridgehead atoms. The maximum Gasteiger partial charge on any atom is 0.266 e. The van der Waals surface area contributed by atoms with Crippen molar-refractivity contribution in [2.75, 3.05) is 6.61 Å². The minimum atomic E-state index is -0.254. The quantitative estimate of drug-likeness (QED) is 0.644. The molecule has 0 radical (unpaired) electrons. The van der Waals surface area contributed by atoms with Crippen molar-refractivity contribution in [2.45, 2.75) is 6.10 Å². The van der Waals surface area contributed by atoms with E-state index in [0.29, 0.717) is 0 Å². The molecule has 1 fully saturated rings. The van der Waals surface area contributed by atoms with Crippen molar-refractivity contribution in [3.8, 4) is 0 Å². The number of epoxide rings is 1. The lowest BCUT2D eigenvalue weighted by molar-refractivity contribution is 0.415. The Kier molecular flexibility index (Phi) is 1.47. The highest BCUT2D eigenvalue weighted by atomic mass is 35.5. The van der Waals surface area contributed by atoms with Gasteiger partial charge in [0.2, 0.25) is 0 Å². The van der Waals surface area contributed by atoms with Gasteiger partial charge in [0.05, 0.1) is 6.61 Å². The summed E-state index contributed by atoms with van der Waals surface area (Å²) in [4.78, 5) is 13.3. The molecule has 58 valence electrons. The molecule has 0 amide bonds. The van der Waals surface area contributed by atoms with Crippen LogP contribution >= 0.6 is 11.6 Å². The Bertz CT molecular complexity index is 329. The highest BCUT2D eigenvalue weighted by Gasteiger charge is 2.25. The third kappa shape index (κ3) is 1.29. The van der Waals surface area contributed by atoms with E-state index >= 15 is 0 Å². The lowest BCUT2D eigenvalue weighted by Crippen LogP contribution is -2.05. The van der Waals surface area contributed by atoms with Crippen LogP contribution in [0.25, 0.3) is 0 Å². The van der Waals surface area contributed by atoms with Crippen LogP contribution in [0.5, 0.6) is 0 Å². The first-order valence-electron chi connectivity index (χ1n) is 3.27. The maximum absolute atomic E-state index is 10.8. The normalized spacial score (nSPS) is 21.7. The van der Waals surface area contributed by atoms with Crippen LogP contribution in [0, 0.1) is 0 Å². The summed E-state index contributed by atoms with van der Waals surface area (Å²) in [7, 11) is 0. The zero-order valence-electron chi connectivity index (χ0n) is 5.63. The number of H-pyrrole nitrogens is 1. The minimum absolute atomic E-state index is 0.143. The molecule has 1 aliphatic heterocycles. The monoisotopic (exact) mass is 171 g/mol. The lowest BCUT2D eigenvalue weighted by Gasteiger charge is -1.93. The highest BCUT2D eigenvalue weighted by molar-refractivity contribution is 6.30. The number of pyridine rings is 1. The number of aromatic amines is 1. The first kappa shape index (κ1) is 6.88. The summed E-state index contributed by atoms with van der Waals surface area (Å²) in [6.07, 6.45) is 1.77. The maximum atomic E-state index is 10.8. The highest BCUT2D eigenvalue weighted by Crippen LogP contribution is 2.29. The number of halogens is 1. The molecule has 0 saturated carbocycles. The molecule has 0 aliphatic carbocycles. The van der Waals surface area contributed by atoms with E-state index in [4.69, 9.17) is 16.3 Å². The van der Waals surface area contributed by atoms with Crippen molar-refractivity contribution < 1.29 is 4.74 Å². The molecule has 3 nitrogen and oxygen atoms in total. The molecule has 1 saturated heterocycles. The van der Waals surface area contributed by atoms with Gasteiger partial charge in [0, 0.05) is 11.8 Å². The molecule has 11 heavy (non-hydrogen) atoms. The van der Waals surface area contributed by atoms with E-state index in [2.05, 4.69) is 4.98 Å². The van der Waals surface area contributed by atoms with Gasteiger partial charge in [-0.25, -0.2) is 0 Å². The summed E-state index contributed by atoms with van der Waals surface area (Å²) < 4.78 is 5.01. The molecular weight excluding hydrogens is 166 g/mol. The molecule has 4 heteroatoms. The minimum Gasteiger partial charge on any atom is -0.368 e. The Labute approximate surface area is 68.0 Å². The topological polar surface area (TPSA) is 45.4 Å². The van der Waals surface area contributed by atoms with Crippen LogP contribution in [-0.2, 0) is 4.74 Å². The molecule has 0 spiro atoms. The Balaban J connectivity index is 2.44. The van der Waals surface area contributed by atoms with Crippen LogP contribution in [0.15, 0.2) is 17.1 Å². The summed E-state index contributed by atoms with van der Waals surface area (Å²) in [6.45, 7) is 0.725. The average Bonchev–Trinajstić information content (AvgIpc) is 2.77. The van der Waals surface area contributed by atoms with Crippen molar-refractivity contribution in [3.63, 3.8) is 0 Å². The van der Waals surface area contributed by atoms with Crippen molar-refractivity contribution in [3.05, 3.63) is 33.2 Å². The second kappa shape index (κ2) is 2.36. The molecule has 1 unspecified atom stereocenters. The van der Waals surface area contributed by atoms with E-state index in [-0.39, 0.29) is 16.7 Å². The predicted molar refractivity (Wildman–Crippen MR) is 40.8 cm³/mol. The Morgan fingerprint density at radius 1 is 1.73 bits per heavy atom. The predicted octanol–water partition coefficient (Wildman–Crippen LogP) is 1.10. The van der Waals surface area contributed by atoms with Gasteiger partial charge in [-0.15, -0.1) is 0 Å². The van der Waals surface area contributed by atoms with Gasteiger partial charge in [-0.3, -0.25) is 4.79 Å². The zero-order chi connectivity index (χ0) is 7.84. The van der Waals surface area contributed by atoms with Crippen LogP contribution in [0.1, 0.15) is 11.7 Å². The summed E-state index contributed by atoms with van der Waals surface area (Å²) in [5, 5.41) is 0.220. The molecule has 0 aromatic carbocycles. The Morgan fingerprint density at radius 3 is 3.00 bits per heavy atom. The number of hydrogen-bond acceptors (Lipinski definition) is 2. The third-order valence-electron chi connectivity index (χ3n) is 1.59. The fourth-order valence-corrected chi connectivity index (χ4v) is 1.08. The van der Waals surface area contributed by atoms with Gasteiger partial charge in [0.1, 0.15) is 11.1 Å². The van der Waals surface area contributed by atoms with E-state index in [1.807, 2.05) is 0 Å². The molecule has 1 N–H and O–H groups in total. The number of aromatic nitrogens is 1. The second-order valence-corrected chi connectivity index (χ2v) is 2.84. The van der Waals surface area contributed by atoms with Gasteiger partial charge >= 0.3 is 0 Å². The molecule has 2 rings (SSSR count). The summed E-state index contributed by atoms with van der Waals surface area (Å²) in [5.41, 5.74) is 0.686. The molecule has 1 aromatic rings. The standard InChI is InChI=1S/C7H6ClNO2/c8-5-1-4(6-3-11-6)2-9-7(5)10/h1-2,6H,3H2,(H,9,10). The Hall–Kier alpha value is -0.800. The summed E-state index contributed by atoms with van der Waals surface area (Å²) in [5.74, 6) is 0. The van der Waals surface area contributed by atoms with Crippen LogP contribution in [0.4, 0.5) is 0 Å². The fraction of sp³-hybridized carbons (Fsp3) is 0.286. The third-order valence-corrected chi connectivity index (χ3v) is 1.87. The van der Waals surface area contributed by atoms with E-state index in [1.54, 1.807) is 12.3 Å². The van der Waals surface area contributed by atoms with E-state index < -0.39 is 0 Å². The van der Waals surface area contributed by atoms with Gasteiger partial charge in [0.15, 0.2) is 0 Å². The smallest absolute Gasteiger partial charge is 0.266 e. The fourth-order valence-electron chi connectivity index (χ4n) is 0.898. The Morgan fingerprint density at radius 2 is 2.45 bits per heavy atom. The van der Waals surface area contributed by atoms with Gasteiger partial charge in [-0.05, 0) is 6.07 Å². The number of nitrogens with one attached hydrogen (secondary N) is 1. The van der Waals surface area contributed by atoms with Crippen LogP contribution in [-0.4, -0.2) is 11.6 Å². The number of rotatable bonds is 1. The molecule has 1 atom stereocenters. The number of hydrogen-bond donors (Lipinski definition) is 1. The van der Waals surface area contributed by atoms with Gasteiger partial charge in [-0.2, -0.15) is 0 Å². The van der Waals surface area contributed by atoms with E-state index in [9.17, 15) is 4.79 Å². The van der Waals surface area contributed by atoms with Gasteiger partial charge in [0.25, 0.3) is 5.56 Å². The van der Waals surface area contributed by atoms with Crippen molar-refractivity contribution in [2.24, 2.45) is 0 Å². The van der Waals surface area contributed by atoms with Gasteiger partial charge in [-0.1, -0.05) is 11.6 Å². The van der Waals surface area contributed by atoms with Gasteiger partial charge < -0.3 is 9.72 Å². The van der Waals surface area contributed by atoms with Crippen molar-refractivity contribution in [1.29, 1.82) is 0 Å².